The molecule has 6 nitrogen and oxygen atoms in total. The van der Waals surface area contributed by atoms with Gasteiger partial charge in [-0.15, -0.1) is 0 Å². The van der Waals surface area contributed by atoms with Gasteiger partial charge in [-0.05, 0) is 18.9 Å². The maximum absolute atomic E-state index is 12.4. The normalized spacial score (nSPS) is 24.0. The van der Waals surface area contributed by atoms with E-state index in [0.717, 1.165) is 51.1 Å². The number of rotatable bonds is 4. The summed E-state index contributed by atoms with van der Waals surface area (Å²) in [6.45, 7) is 3.60. The Morgan fingerprint density at radius 3 is 2.55 bits per heavy atom. The zero-order valence-corrected chi connectivity index (χ0v) is 12.8. The van der Waals surface area contributed by atoms with Crippen molar-refractivity contribution in [1.29, 1.82) is 0 Å². The van der Waals surface area contributed by atoms with Crippen molar-refractivity contribution < 1.29 is 19.0 Å². The van der Waals surface area contributed by atoms with Crippen molar-refractivity contribution >= 4 is 5.97 Å². The highest BCUT2D eigenvalue weighted by molar-refractivity contribution is 5.93. The van der Waals surface area contributed by atoms with Crippen LogP contribution >= 0.6 is 0 Å². The second-order valence-electron chi connectivity index (χ2n) is 5.83. The minimum atomic E-state index is -0.259. The standard InChI is InChI=1S/C16H24N2O4/c19-16(22-13-4-9-21-10-5-13)14-11-17-6-1-15(14)18-12-2-7-20-8-3-12/h1,11-13,17-18H,2-10H2. The molecule has 3 heterocycles. The number of ether oxygens (including phenoxy) is 3. The Kier molecular flexibility index (Phi) is 5.34. The van der Waals surface area contributed by atoms with Crippen LogP contribution in [0.1, 0.15) is 25.7 Å². The van der Waals surface area contributed by atoms with Gasteiger partial charge in [0.05, 0.1) is 18.8 Å². The molecule has 0 unspecified atom stereocenters. The summed E-state index contributed by atoms with van der Waals surface area (Å²) in [5, 5.41) is 6.56. The lowest BCUT2D eigenvalue weighted by molar-refractivity contribution is -0.148. The summed E-state index contributed by atoms with van der Waals surface area (Å²) in [5.74, 6) is -0.259. The molecule has 2 fully saturated rings. The van der Waals surface area contributed by atoms with Gasteiger partial charge in [0.15, 0.2) is 0 Å². The van der Waals surface area contributed by atoms with Crippen LogP contribution in [0.15, 0.2) is 23.5 Å². The molecular formula is C16H24N2O4. The number of carbonyl (C=O) groups is 1. The molecule has 0 amide bonds. The molecule has 0 saturated carbocycles. The first-order valence-corrected chi connectivity index (χ1v) is 8.10. The Labute approximate surface area is 130 Å². The van der Waals surface area contributed by atoms with Crippen LogP contribution in [0.2, 0.25) is 0 Å². The van der Waals surface area contributed by atoms with Gasteiger partial charge >= 0.3 is 5.97 Å². The summed E-state index contributed by atoms with van der Waals surface area (Å²) in [5.41, 5.74) is 1.46. The third kappa shape index (κ3) is 4.01. The molecule has 2 N–H and O–H groups in total. The van der Waals surface area contributed by atoms with E-state index < -0.39 is 0 Å². The van der Waals surface area contributed by atoms with Crippen LogP contribution in [0.5, 0.6) is 0 Å². The largest absolute Gasteiger partial charge is 0.459 e. The van der Waals surface area contributed by atoms with Crippen LogP contribution in [-0.2, 0) is 19.0 Å². The molecule has 0 bridgehead atoms. The fourth-order valence-electron chi connectivity index (χ4n) is 2.89. The van der Waals surface area contributed by atoms with E-state index in [0.29, 0.717) is 24.8 Å². The van der Waals surface area contributed by atoms with Crippen molar-refractivity contribution in [2.45, 2.75) is 37.8 Å². The van der Waals surface area contributed by atoms with Crippen molar-refractivity contribution in [3.63, 3.8) is 0 Å². The zero-order chi connectivity index (χ0) is 15.2. The van der Waals surface area contributed by atoms with E-state index >= 15 is 0 Å². The van der Waals surface area contributed by atoms with E-state index in [1.54, 1.807) is 6.20 Å². The summed E-state index contributed by atoms with van der Waals surface area (Å²) < 4.78 is 16.3. The highest BCUT2D eigenvalue weighted by Crippen LogP contribution is 2.19. The summed E-state index contributed by atoms with van der Waals surface area (Å²) >= 11 is 0. The third-order valence-corrected chi connectivity index (χ3v) is 4.20. The second kappa shape index (κ2) is 7.65. The zero-order valence-electron chi connectivity index (χ0n) is 12.8. The van der Waals surface area contributed by atoms with Crippen LogP contribution in [0.25, 0.3) is 0 Å². The maximum atomic E-state index is 12.4. The van der Waals surface area contributed by atoms with E-state index in [9.17, 15) is 4.79 Å². The highest BCUT2D eigenvalue weighted by atomic mass is 16.6. The molecule has 22 heavy (non-hydrogen) atoms. The minimum absolute atomic E-state index is 0.0339. The van der Waals surface area contributed by atoms with E-state index in [-0.39, 0.29) is 12.1 Å². The first kappa shape index (κ1) is 15.4. The first-order chi connectivity index (χ1) is 10.8. The van der Waals surface area contributed by atoms with E-state index in [4.69, 9.17) is 14.2 Å². The lowest BCUT2D eigenvalue weighted by Crippen LogP contribution is -2.38. The minimum Gasteiger partial charge on any atom is -0.459 e. The SMILES string of the molecule is O=C(OC1CCOCC1)C1=CNCC=C1NC1CCOCC1. The number of esters is 1. The van der Waals surface area contributed by atoms with Crippen LogP contribution in [0.3, 0.4) is 0 Å². The van der Waals surface area contributed by atoms with Gasteiger partial charge in [0, 0.05) is 50.5 Å². The molecule has 3 aliphatic heterocycles. The van der Waals surface area contributed by atoms with Crippen LogP contribution in [0, 0.1) is 0 Å². The summed E-state index contributed by atoms with van der Waals surface area (Å²) in [6, 6.07) is 0.359. The van der Waals surface area contributed by atoms with Gasteiger partial charge < -0.3 is 24.8 Å². The fraction of sp³-hybridized carbons (Fsp3) is 0.688. The second-order valence-corrected chi connectivity index (χ2v) is 5.83. The van der Waals surface area contributed by atoms with Crippen LogP contribution in [0.4, 0.5) is 0 Å². The molecule has 2 saturated heterocycles. The third-order valence-electron chi connectivity index (χ3n) is 4.20. The molecule has 0 aromatic carbocycles. The van der Waals surface area contributed by atoms with Gasteiger partial charge in [-0.2, -0.15) is 0 Å². The number of carbonyl (C=O) groups excluding carboxylic acids is 1. The molecule has 3 aliphatic rings. The number of dihydropyridines is 1. The Balaban J connectivity index is 1.58. The lowest BCUT2D eigenvalue weighted by atomic mass is 10.1. The molecule has 122 valence electrons. The predicted molar refractivity (Wildman–Crippen MR) is 81.1 cm³/mol. The van der Waals surface area contributed by atoms with Crippen LogP contribution < -0.4 is 10.6 Å². The van der Waals surface area contributed by atoms with Gasteiger partial charge in [0.25, 0.3) is 0 Å². The predicted octanol–water partition coefficient (Wildman–Crippen LogP) is 0.848. The van der Waals surface area contributed by atoms with Gasteiger partial charge in [-0.3, -0.25) is 0 Å². The van der Waals surface area contributed by atoms with Gasteiger partial charge in [-0.1, -0.05) is 0 Å². The number of hydrogen-bond acceptors (Lipinski definition) is 6. The molecule has 0 atom stereocenters. The van der Waals surface area contributed by atoms with Crippen LogP contribution in [-0.4, -0.2) is 51.1 Å². The van der Waals surface area contributed by atoms with Crippen molar-refractivity contribution in [3.8, 4) is 0 Å². The van der Waals surface area contributed by atoms with Gasteiger partial charge in [0.2, 0.25) is 0 Å². The van der Waals surface area contributed by atoms with Crippen molar-refractivity contribution in [2.24, 2.45) is 0 Å². The van der Waals surface area contributed by atoms with Crippen molar-refractivity contribution in [1.82, 2.24) is 10.6 Å². The summed E-state index contributed by atoms with van der Waals surface area (Å²) in [7, 11) is 0. The monoisotopic (exact) mass is 308 g/mol. The van der Waals surface area contributed by atoms with E-state index in [2.05, 4.69) is 10.6 Å². The molecule has 6 heteroatoms. The van der Waals surface area contributed by atoms with Gasteiger partial charge in [-0.25, -0.2) is 4.79 Å². The fourth-order valence-corrected chi connectivity index (χ4v) is 2.89. The maximum Gasteiger partial charge on any atom is 0.341 e. The average molecular weight is 308 g/mol. The summed E-state index contributed by atoms with van der Waals surface area (Å²) in [4.78, 5) is 12.4. The Hall–Kier alpha value is -1.53. The molecule has 0 spiro atoms. The van der Waals surface area contributed by atoms with Crippen molar-refractivity contribution in [2.75, 3.05) is 33.0 Å². The first-order valence-electron chi connectivity index (χ1n) is 8.10. The molecule has 0 aromatic rings. The van der Waals surface area contributed by atoms with Gasteiger partial charge in [0.1, 0.15) is 6.10 Å². The lowest BCUT2D eigenvalue weighted by Gasteiger charge is -2.28. The molecule has 0 aromatic heterocycles. The molecule has 0 radical (unpaired) electrons. The molecular weight excluding hydrogens is 284 g/mol. The van der Waals surface area contributed by atoms with E-state index in [1.165, 1.54) is 0 Å². The Morgan fingerprint density at radius 2 is 1.82 bits per heavy atom. The topological polar surface area (TPSA) is 68.8 Å². The average Bonchev–Trinajstić information content (AvgIpc) is 2.57. The number of hydrogen-bond donors (Lipinski definition) is 2. The van der Waals surface area contributed by atoms with E-state index in [1.807, 2.05) is 6.08 Å². The Bertz CT molecular complexity index is 449. The van der Waals surface area contributed by atoms with Crippen molar-refractivity contribution in [3.05, 3.63) is 23.5 Å². The highest BCUT2D eigenvalue weighted by Gasteiger charge is 2.25. The molecule has 0 aliphatic carbocycles. The summed E-state index contributed by atoms with van der Waals surface area (Å²) in [6.07, 6.45) is 7.21. The Morgan fingerprint density at radius 1 is 1.14 bits per heavy atom. The quantitative estimate of drug-likeness (QED) is 0.751. The molecule has 3 rings (SSSR count). The number of nitrogens with one attached hydrogen (secondary N) is 2. The smallest absolute Gasteiger partial charge is 0.341 e.